The zero-order valence-corrected chi connectivity index (χ0v) is 11.9. The van der Waals surface area contributed by atoms with Crippen LogP contribution in [0.1, 0.15) is 16.7 Å². The molecule has 1 N–H and O–H groups in total. The predicted molar refractivity (Wildman–Crippen MR) is 80.3 cm³/mol. The van der Waals surface area contributed by atoms with Crippen molar-refractivity contribution in [3.63, 3.8) is 0 Å². The van der Waals surface area contributed by atoms with Crippen molar-refractivity contribution in [3.8, 4) is 11.1 Å². The Labute approximate surface area is 130 Å². The fourth-order valence-corrected chi connectivity index (χ4v) is 3.26. The van der Waals surface area contributed by atoms with Gasteiger partial charge in [0.05, 0.1) is 0 Å². The summed E-state index contributed by atoms with van der Waals surface area (Å²) in [6.07, 6.45) is 0. The molecule has 1 aliphatic rings. The van der Waals surface area contributed by atoms with Gasteiger partial charge >= 0.3 is 0 Å². The number of halogens is 3. The lowest BCUT2D eigenvalue weighted by atomic mass is 9.84. The monoisotopic (exact) mass is 312 g/mol. The van der Waals surface area contributed by atoms with Gasteiger partial charge in [-0.25, -0.2) is 13.2 Å². The Morgan fingerprint density at radius 3 is 1.52 bits per heavy atom. The highest BCUT2D eigenvalue weighted by Crippen LogP contribution is 2.51. The van der Waals surface area contributed by atoms with Gasteiger partial charge in [0.15, 0.2) is 0 Å². The van der Waals surface area contributed by atoms with Crippen LogP contribution in [-0.4, -0.2) is 5.11 Å². The molecule has 0 saturated carbocycles. The van der Waals surface area contributed by atoms with E-state index in [0.29, 0.717) is 27.8 Å². The lowest BCUT2D eigenvalue weighted by Crippen LogP contribution is -2.26. The second-order valence-electron chi connectivity index (χ2n) is 5.60. The molecule has 0 fully saturated rings. The van der Waals surface area contributed by atoms with Crippen molar-refractivity contribution in [1.29, 1.82) is 0 Å². The average Bonchev–Trinajstić information content (AvgIpc) is 2.77. The van der Waals surface area contributed by atoms with Crippen LogP contribution in [-0.2, 0) is 5.60 Å². The van der Waals surface area contributed by atoms with Crippen LogP contribution in [0.2, 0.25) is 0 Å². The van der Waals surface area contributed by atoms with Crippen molar-refractivity contribution < 1.29 is 18.3 Å². The summed E-state index contributed by atoms with van der Waals surface area (Å²) in [6.45, 7) is 0. The van der Waals surface area contributed by atoms with Gasteiger partial charge in [-0.15, -0.1) is 0 Å². The SMILES string of the molecule is OC1(c2ccc(F)cc2)c2ccc(F)cc2-c2cc(F)ccc21. The topological polar surface area (TPSA) is 20.2 Å². The predicted octanol–water partition coefficient (Wildman–Crippen LogP) is 4.37. The Morgan fingerprint density at radius 2 is 1.04 bits per heavy atom. The molecule has 3 aromatic carbocycles. The summed E-state index contributed by atoms with van der Waals surface area (Å²) in [5.74, 6) is -1.36. The van der Waals surface area contributed by atoms with Gasteiger partial charge < -0.3 is 5.11 Å². The second kappa shape index (κ2) is 4.70. The summed E-state index contributed by atoms with van der Waals surface area (Å²) in [6, 6.07) is 13.4. The van der Waals surface area contributed by atoms with Gasteiger partial charge in [0.25, 0.3) is 0 Å². The standard InChI is InChI=1S/C19H11F3O/c20-12-3-1-11(2-4-12)19(23)17-7-5-13(21)9-15(17)16-10-14(22)6-8-18(16)19/h1-10,23H. The number of rotatable bonds is 1. The summed E-state index contributed by atoms with van der Waals surface area (Å²) in [5, 5.41) is 11.4. The molecule has 3 aromatic rings. The third-order valence-electron chi connectivity index (χ3n) is 4.29. The zero-order valence-electron chi connectivity index (χ0n) is 11.9. The summed E-state index contributed by atoms with van der Waals surface area (Å²) in [5.41, 5.74) is 0.645. The molecule has 0 spiro atoms. The molecule has 0 heterocycles. The normalized spacial score (nSPS) is 14.4. The smallest absolute Gasteiger partial charge is 0.141 e. The first-order valence-corrected chi connectivity index (χ1v) is 7.09. The van der Waals surface area contributed by atoms with E-state index >= 15 is 0 Å². The van der Waals surface area contributed by atoms with Crippen LogP contribution < -0.4 is 0 Å². The quantitative estimate of drug-likeness (QED) is 0.707. The van der Waals surface area contributed by atoms with E-state index in [-0.39, 0.29) is 0 Å². The van der Waals surface area contributed by atoms with E-state index in [1.54, 1.807) is 0 Å². The van der Waals surface area contributed by atoms with Gasteiger partial charge in [-0.2, -0.15) is 0 Å². The van der Waals surface area contributed by atoms with E-state index in [1.165, 1.54) is 60.7 Å². The van der Waals surface area contributed by atoms with Gasteiger partial charge in [-0.3, -0.25) is 0 Å². The van der Waals surface area contributed by atoms with Crippen molar-refractivity contribution in [3.05, 3.63) is 94.8 Å². The van der Waals surface area contributed by atoms with Crippen molar-refractivity contribution in [1.82, 2.24) is 0 Å². The largest absolute Gasteiger partial charge is 0.376 e. The summed E-state index contributed by atoms with van der Waals surface area (Å²) >= 11 is 0. The molecule has 0 radical (unpaired) electrons. The van der Waals surface area contributed by atoms with Crippen LogP contribution in [0.4, 0.5) is 13.2 Å². The molecule has 0 unspecified atom stereocenters. The molecular weight excluding hydrogens is 301 g/mol. The minimum Gasteiger partial charge on any atom is -0.376 e. The molecule has 0 amide bonds. The third kappa shape index (κ3) is 1.92. The molecule has 0 aromatic heterocycles. The first kappa shape index (κ1) is 14.0. The molecule has 0 aliphatic heterocycles. The lowest BCUT2D eigenvalue weighted by Gasteiger charge is -2.26. The van der Waals surface area contributed by atoms with Crippen molar-refractivity contribution in [2.45, 2.75) is 5.60 Å². The Hall–Kier alpha value is -2.59. The van der Waals surface area contributed by atoms with Gasteiger partial charge in [-0.1, -0.05) is 24.3 Å². The van der Waals surface area contributed by atoms with Crippen LogP contribution >= 0.6 is 0 Å². The maximum Gasteiger partial charge on any atom is 0.141 e. The third-order valence-corrected chi connectivity index (χ3v) is 4.29. The highest BCUT2D eigenvalue weighted by Gasteiger charge is 2.43. The van der Waals surface area contributed by atoms with Gasteiger partial charge in [-0.05, 0) is 53.1 Å². The molecule has 1 aliphatic carbocycles. The van der Waals surface area contributed by atoms with Crippen LogP contribution in [0.25, 0.3) is 11.1 Å². The Kier molecular flexibility index (Phi) is 2.87. The van der Waals surface area contributed by atoms with Gasteiger partial charge in [0.2, 0.25) is 0 Å². The molecule has 1 nitrogen and oxygen atoms in total. The number of hydrogen-bond acceptors (Lipinski definition) is 1. The van der Waals surface area contributed by atoms with E-state index in [0.717, 1.165) is 0 Å². The molecule has 0 atom stereocenters. The van der Waals surface area contributed by atoms with E-state index < -0.39 is 23.1 Å². The van der Waals surface area contributed by atoms with E-state index in [9.17, 15) is 18.3 Å². The number of fused-ring (bicyclic) bond motifs is 3. The minimum atomic E-state index is -1.57. The molecule has 0 saturated heterocycles. The van der Waals surface area contributed by atoms with Crippen LogP contribution in [0.3, 0.4) is 0 Å². The molecule has 4 heteroatoms. The maximum absolute atomic E-state index is 13.6. The Bertz CT molecular complexity index is 865. The van der Waals surface area contributed by atoms with Crippen molar-refractivity contribution in [2.75, 3.05) is 0 Å². The first-order chi connectivity index (χ1) is 11.0. The molecule has 0 bridgehead atoms. The molecular formula is C19H11F3O. The van der Waals surface area contributed by atoms with Crippen LogP contribution in [0.5, 0.6) is 0 Å². The fourth-order valence-electron chi connectivity index (χ4n) is 3.26. The molecule has 114 valence electrons. The van der Waals surface area contributed by atoms with E-state index in [1.807, 2.05) is 0 Å². The van der Waals surface area contributed by atoms with Crippen LogP contribution in [0.15, 0.2) is 60.7 Å². The van der Waals surface area contributed by atoms with Crippen molar-refractivity contribution >= 4 is 0 Å². The molecule has 23 heavy (non-hydrogen) atoms. The van der Waals surface area contributed by atoms with E-state index in [4.69, 9.17) is 0 Å². The summed E-state index contributed by atoms with van der Waals surface area (Å²) in [7, 11) is 0. The number of aliphatic hydroxyl groups is 1. The summed E-state index contributed by atoms with van der Waals surface area (Å²) < 4.78 is 40.5. The highest BCUT2D eigenvalue weighted by molar-refractivity contribution is 5.82. The fraction of sp³-hybridized carbons (Fsp3) is 0.0526. The summed E-state index contributed by atoms with van der Waals surface area (Å²) in [4.78, 5) is 0. The van der Waals surface area contributed by atoms with Gasteiger partial charge in [0.1, 0.15) is 23.1 Å². The van der Waals surface area contributed by atoms with Crippen LogP contribution in [0, 0.1) is 17.5 Å². The average molecular weight is 312 g/mol. The first-order valence-electron chi connectivity index (χ1n) is 7.09. The minimum absolute atomic E-state index is 0.422. The highest BCUT2D eigenvalue weighted by atomic mass is 19.1. The Balaban J connectivity index is 2.07. The maximum atomic E-state index is 13.6. The Morgan fingerprint density at radius 1 is 0.609 bits per heavy atom. The van der Waals surface area contributed by atoms with Gasteiger partial charge in [0, 0.05) is 11.1 Å². The number of benzene rings is 3. The second-order valence-corrected chi connectivity index (χ2v) is 5.60. The zero-order chi connectivity index (χ0) is 16.2. The lowest BCUT2D eigenvalue weighted by molar-refractivity contribution is 0.130. The molecule has 4 rings (SSSR count). The van der Waals surface area contributed by atoms with Crippen molar-refractivity contribution in [2.24, 2.45) is 0 Å². The number of hydrogen-bond donors (Lipinski definition) is 1. The van der Waals surface area contributed by atoms with E-state index in [2.05, 4.69) is 0 Å².